The maximum absolute atomic E-state index is 11.2. The molecule has 0 bridgehead atoms. The lowest BCUT2D eigenvalue weighted by Gasteiger charge is -2.35. The number of nitrogens with zero attached hydrogens (tertiary/aromatic N) is 6. The molecule has 116 valence electrons. The van der Waals surface area contributed by atoms with E-state index in [1.165, 1.54) is 0 Å². The molecule has 0 aromatic carbocycles. The Hall–Kier alpha value is -2.64. The Labute approximate surface area is 128 Å². The predicted octanol–water partition coefficient (Wildman–Crippen LogP) is 1.36. The van der Waals surface area contributed by atoms with Crippen LogP contribution in [-0.4, -0.2) is 45.6 Å². The number of nitro groups is 1. The first-order valence-electron chi connectivity index (χ1n) is 7.16. The summed E-state index contributed by atoms with van der Waals surface area (Å²) in [5, 5.41) is 11.2. The number of pyridine rings is 1. The van der Waals surface area contributed by atoms with Crippen LogP contribution >= 0.6 is 0 Å². The molecular weight excluding hydrogens is 284 g/mol. The van der Waals surface area contributed by atoms with Crippen LogP contribution in [0.15, 0.2) is 24.4 Å². The molecule has 2 aromatic rings. The van der Waals surface area contributed by atoms with E-state index < -0.39 is 4.92 Å². The van der Waals surface area contributed by atoms with Crippen molar-refractivity contribution < 1.29 is 4.92 Å². The number of hydrogen-bond acceptors (Lipinski definition) is 6. The van der Waals surface area contributed by atoms with Gasteiger partial charge >= 0.3 is 5.82 Å². The summed E-state index contributed by atoms with van der Waals surface area (Å²) in [7, 11) is 1.82. The van der Waals surface area contributed by atoms with Crippen molar-refractivity contribution >= 4 is 17.5 Å². The lowest BCUT2D eigenvalue weighted by molar-refractivity contribution is -0.388. The molecule has 0 aliphatic carbocycles. The van der Waals surface area contributed by atoms with Crippen molar-refractivity contribution in [2.45, 2.75) is 6.92 Å². The third kappa shape index (κ3) is 2.47. The number of imidazole rings is 1. The molecule has 8 heteroatoms. The normalized spacial score (nSPS) is 15.2. The van der Waals surface area contributed by atoms with Gasteiger partial charge in [0.15, 0.2) is 0 Å². The fourth-order valence-electron chi connectivity index (χ4n) is 2.75. The molecule has 0 spiro atoms. The Morgan fingerprint density at radius 2 is 1.86 bits per heavy atom. The third-order valence-corrected chi connectivity index (χ3v) is 4.00. The fraction of sp³-hybridized carbons (Fsp3) is 0.429. The van der Waals surface area contributed by atoms with Gasteiger partial charge in [-0.25, -0.2) is 4.98 Å². The molecule has 0 N–H and O–H groups in total. The van der Waals surface area contributed by atoms with Crippen molar-refractivity contribution in [2.24, 2.45) is 7.05 Å². The second-order valence-electron chi connectivity index (χ2n) is 5.28. The highest BCUT2D eigenvalue weighted by molar-refractivity contribution is 5.57. The molecular formula is C14H18N6O2. The minimum absolute atomic E-state index is 0.0636. The zero-order valence-corrected chi connectivity index (χ0v) is 12.6. The largest absolute Gasteiger partial charge is 0.406 e. The van der Waals surface area contributed by atoms with Gasteiger partial charge in [-0.1, -0.05) is 6.07 Å². The molecule has 1 fully saturated rings. The molecule has 0 unspecified atom stereocenters. The minimum Gasteiger partial charge on any atom is -0.358 e. The van der Waals surface area contributed by atoms with Gasteiger partial charge in [0, 0.05) is 46.3 Å². The predicted molar refractivity (Wildman–Crippen MR) is 83.3 cm³/mol. The number of aryl methyl sites for hydroxylation is 1. The van der Waals surface area contributed by atoms with Crippen molar-refractivity contribution in [3.05, 3.63) is 40.3 Å². The van der Waals surface area contributed by atoms with Crippen LogP contribution in [0.5, 0.6) is 0 Å². The van der Waals surface area contributed by atoms with Gasteiger partial charge < -0.3 is 19.9 Å². The molecule has 0 saturated carbocycles. The average molecular weight is 302 g/mol. The number of aromatic nitrogens is 3. The highest BCUT2D eigenvalue weighted by Gasteiger charge is 2.30. The van der Waals surface area contributed by atoms with Crippen LogP contribution in [0.1, 0.15) is 5.82 Å². The van der Waals surface area contributed by atoms with Crippen molar-refractivity contribution in [1.82, 2.24) is 14.5 Å². The summed E-state index contributed by atoms with van der Waals surface area (Å²) in [5.41, 5.74) is 0. The van der Waals surface area contributed by atoms with Crippen molar-refractivity contribution in [3.63, 3.8) is 0 Å². The van der Waals surface area contributed by atoms with Gasteiger partial charge in [0.1, 0.15) is 5.82 Å². The quantitative estimate of drug-likeness (QED) is 0.629. The zero-order chi connectivity index (χ0) is 15.7. The molecule has 3 heterocycles. The van der Waals surface area contributed by atoms with E-state index in [0.717, 1.165) is 18.9 Å². The lowest BCUT2D eigenvalue weighted by Crippen LogP contribution is -2.47. The van der Waals surface area contributed by atoms with E-state index >= 15 is 0 Å². The monoisotopic (exact) mass is 302 g/mol. The molecule has 1 saturated heterocycles. The minimum atomic E-state index is -0.409. The Kier molecular flexibility index (Phi) is 3.66. The van der Waals surface area contributed by atoms with Crippen LogP contribution in [-0.2, 0) is 7.05 Å². The van der Waals surface area contributed by atoms with E-state index in [1.54, 1.807) is 17.7 Å². The molecule has 8 nitrogen and oxygen atoms in total. The number of piperazine rings is 1. The van der Waals surface area contributed by atoms with E-state index in [2.05, 4.69) is 14.9 Å². The summed E-state index contributed by atoms with van der Waals surface area (Å²) in [6.45, 7) is 4.74. The summed E-state index contributed by atoms with van der Waals surface area (Å²) < 4.78 is 1.79. The first-order valence-corrected chi connectivity index (χ1v) is 7.16. The van der Waals surface area contributed by atoms with Crippen LogP contribution in [0.2, 0.25) is 0 Å². The maximum Gasteiger partial charge on any atom is 0.406 e. The van der Waals surface area contributed by atoms with E-state index in [9.17, 15) is 10.1 Å². The van der Waals surface area contributed by atoms with Crippen LogP contribution in [0.3, 0.4) is 0 Å². The van der Waals surface area contributed by atoms with Crippen LogP contribution in [0, 0.1) is 17.0 Å². The summed E-state index contributed by atoms with van der Waals surface area (Å²) in [6, 6.07) is 5.83. The van der Waals surface area contributed by atoms with Crippen LogP contribution in [0.4, 0.5) is 17.5 Å². The Bertz CT molecular complexity index is 676. The second kappa shape index (κ2) is 5.63. The lowest BCUT2D eigenvalue weighted by atomic mass is 10.3. The van der Waals surface area contributed by atoms with E-state index in [4.69, 9.17) is 0 Å². The van der Waals surface area contributed by atoms with Gasteiger partial charge in [-0.05, 0) is 22.0 Å². The molecule has 1 aliphatic heterocycles. The van der Waals surface area contributed by atoms with Crippen molar-refractivity contribution in [2.75, 3.05) is 36.0 Å². The smallest absolute Gasteiger partial charge is 0.358 e. The third-order valence-electron chi connectivity index (χ3n) is 4.00. The van der Waals surface area contributed by atoms with E-state index in [-0.39, 0.29) is 5.82 Å². The summed E-state index contributed by atoms with van der Waals surface area (Å²) in [6.07, 6.45) is 1.77. The van der Waals surface area contributed by atoms with Crippen LogP contribution in [0.25, 0.3) is 0 Å². The Balaban J connectivity index is 1.79. The topological polar surface area (TPSA) is 80.3 Å². The second-order valence-corrected chi connectivity index (χ2v) is 5.28. The fourth-order valence-corrected chi connectivity index (χ4v) is 2.75. The van der Waals surface area contributed by atoms with Gasteiger partial charge in [-0.3, -0.25) is 4.57 Å². The maximum atomic E-state index is 11.2. The Morgan fingerprint density at radius 1 is 1.18 bits per heavy atom. The number of anilines is 2. The van der Waals surface area contributed by atoms with Gasteiger partial charge in [0.2, 0.25) is 11.6 Å². The molecule has 22 heavy (non-hydrogen) atoms. The standard InChI is InChI=1S/C14H18N6O2/c1-11-16-13(20(21)22)14(17(11)2)19-9-7-18(8-10-19)12-5-3-4-6-15-12/h3-6H,7-10H2,1-2H3. The van der Waals surface area contributed by atoms with Gasteiger partial charge in [-0.15, -0.1) is 0 Å². The highest BCUT2D eigenvalue weighted by atomic mass is 16.6. The van der Waals surface area contributed by atoms with E-state index in [0.29, 0.717) is 24.7 Å². The number of hydrogen-bond donors (Lipinski definition) is 0. The average Bonchev–Trinajstić information content (AvgIpc) is 2.84. The van der Waals surface area contributed by atoms with Gasteiger partial charge in [-0.2, -0.15) is 0 Å². The zero-order valence-electron chi connectivity index (χ0n) is 12.6. The summed E-state index contributed by atoms with van der Waals surface area (Å²) >= 11 is 0. The van der Waals surface area contributed by atoms with Crippen LogP contribution < -0.4 is 9.80 Å². The highest BCUT2D eigenvalue weighted by Crippen LogP contribution is 2.29. The molecule has 1 aliphatic rings. The SMILES string of the molecule is Cc1nc([N+](=O)[O-])c(N2CCN(c3ccccn3)CC2)n1C. The first kappa shape index (κ1) is 14.3. The number of rotatable bonds is 3. The van der Waals surface area contributed by atoms with E-state index in [1.807, 2.05) is 30.1 Å². The molecule has 3 rings (SSSR count). The summed E-state index contributed by atoms with van der Waals surface area (Å²) in [4.78, 5) is 23.4. The Morgan fingerprint density at radius 3 is 2.45 bits per heavy atom. The molecule has 0 amide bonds. The first-order chi connectivity index (χ1) is 10.6. The van der Waals surface area contributed by atoms with Crippen molar-refractivity contribution in [3.8, 4) is 0 Å². The van der Waals surface area contributed by atoms with Gasteiger partial charge in [0.25, 0.3) is 0 Å². The van der Waals surface area contributed by atoms with Crippen molar-refractivity contribution in [1.29, 1.82) is 0 Å². The summed E-state index contributed by atoms with van der Waals surface area (Å²) in [5.74, 6) is 2.11. The molecule has 0 radical (unpaired) electrons. The van der Waals surface area contributed by atoms with Gasteiger partial charge in [0.05, 0.1) is 0 Å². The molecule has 2 aromatic heterocycles. The molecule has 0 atom stereocenters.